The number of carbonyl (C=O) groups is 3. The maximum Gasteiger partial charge on any atom is 0.405 e. The van der Waals surface area contributed by atoms with Gasteiger partial charge in [-0.2, -0.15) is 0 Å². The Kier molecular flexibility index (Phi) is 9.93. The highest BCUT2D eigenvalue weighted by Gasteiger charge is 2.44. The van der Waals surface area contributed by atoms with Crippen molar-refractivity contribution in [3.8, 4) is 0 Å². The summed E-state index contributed by atoms with van der Waals surface area (Å²) >= 11 is 0. The lowest BCUT2D eigenvalue weighted by Crippen LogP contribution is -2.38. The van der Waals surface area contributed by atoms with Gasteiger partial charge in [-0.25, -0.2) is 4.79 Å². The summed E-state index contributed by atoms with van der Waals surface area (Å²) in [6.07, 6.45) is 7.50. The van der Waals surface area contributed by atoms with Crippen LogP contribution >= 0.6 is 0 Å². The summed E-state index contributed by atoms with van der Waals surface area (Å²) in [7, 11) is 0. The molecule has 2 aromatic carbocycles. The topological polar surface area (TPSA) is 93.2 Å². The number of hydrogen-bond donors (Lipinski definition) is 2. The predicted molar refractivity (Wildman–Crippen MR) is 158 cm³/mol. The molecule has 0 radical (unpaired) electrons. The molecule has 6 rings (SSSR count). The molecule has 3 amide bonds. The van der Waals surface area contributed by atoms with Crippen LogP contribution in [0, 0.1) is 17.8 Å². The fraction of sp³-hybridized carbons (Fsp3) is 0.545. The average molecular weight is 561 g/mol. The summed E-state index contributed by atoms with van der Waals surface area (Å²) in [5.41, 5.74) is 2.06. The third-order valence-corrected chi connectivity index (χ3v) is 9.14. The summed E-state index contributed by atoms with van der Waals surface area (Å²) < 4.78 is 0. The lowest BCUT2D eigenvalue weighted by Gasteiger charge is -2.25. The van der Waals surface area contributed by atoms with Gasteiger partial charge < -0.3 is 25.1 Å². The van der Waals surface area contributed by atoms with E-state index < -0.39 is 6.09 Å². The normalized spacial score (nSPS) is 24.6. The molecule has 3 heterocycles. The highest BCUT2D eigenvalue weighted by atomic mass is 16.4. The highest BCUT2D eigenvalue weighted by molar-refractivity contribution is 5.89. The Balaban J connectivity index is 0.000000610. The van der Waals surface area contributed by atoms with Gasteiger partial charge in [0.05, 0.1) is 12.0 Å². The van der Waals surface area contributed by atoms with E-state index in [2.05, 4.69) is 10.2 Å². The van der Waals surface area contributed by atoms with Crippen LogP contribution in [-0.4, -0.2) is 77.0 Å². The minimum atomic E-state index is -1.01. The smallest absolute Gasteiger partial charge is 0.405 e. The SMILES string of the molecule is C1CCCC1.O=C(O)NC(CCN1CC2CN(C(=O)[C@H]3CC(=O)N(Cc4ccccc4)C3)CC2C1)c1ccccc1. The number of likely N-dealkylation sites (tertiary alicyclic amines) is 3. The molecule has 8 nitrogen and oxygen atoms in total. The summed E-state index contributed by atoms with van der Waals surface area (Å²) in [6, 6.07) is 19.4. The Hall–Kier alpha value is -3.39. The first-order valence-corrected chi connectivity index (χ1v) is 15.3. The van der Waals surface area contributed by atoms with E-state index in [0.717, 1.165) is 43.9 Å². The van der Waals surface area contributed by atoms with Crippen molar-refractivity contribution in [2.75, 3.05) is 39.3 Å². The molecule has 8 heteroatoms. The quantitative estimate of drug-likeness (QED) is 0.485. The molecule has 1 saturated carbocycles. The first-order valence-electron chi connectivity index (χ1n) is 15.3. The van der Waals surface area contributed by atoms with Crippen LogP contribution in [0.5, 0.6) is 0 Å². The average Bonchev–Trinajstić information content (AvgIpc) is 3.78. The van der Waals surface area contributed by atoms with E-state index in [4.69, 9.17) is 0 Å². The largest absolute Gasteiger partial charge is 0.465 e. The second kappa shape index (κ2) is 14.0. The molecule has 2 aromatic rings. The van der Waals surface area contributed by atoms with Gasteiger partial charge in [-0.3, -0.25) is 9.59 Å². The summed E-state index contributed by atoms with van der Waals surface area (Å²) in [5.74, 6) is 0.813. The summed E-state index contributed by atoms with van der Waals surface area (Å²) in [4.78, 5) is 43.3. The molecule has 0 bridgehead atoms. The van der Waals surface area contributed by atoms with Gasteiger partial charge in [0.2, 0.25) is 11.8 Å². The number of carbonyl (C=O) groups excluding carboxylic acids is 2. The molecule has 0 aromatic heterocycles. The molecule has 4 aliphatic rings. The van der Waals surface area contributed by atoms with Crippen molar-refractivity contribution in [3.63, 3.8) is 0 Å². The molecule has 1 aliphatic carbocycles. The fourth-order valence-corrected chi connectivity index (χ4v) is 6.96. The maximum atomic E-state index is 13.2. The van der Waals surface area contributed by atoms with E-state index >= 15 is 0 Å². The van der Waals surface area contributed by atoms with Crippen molar-refractivity contribution in [2.45, 2.75) is 57.5 Å². The van der Waals surface area contributed by atoms with Gasteiger partial charge in [0.25, 0.3) is 0 Å². The lowest BCUT2D eigenvalue weighted by molar-refractivity contribution is -0.135. The Morgan fingerprint density at radius 2 is 1.41 bits per heavy atom. The van der Waals surface area contributed by atoms with Gasteiger partial charge in [0.15, 0.2) is 0 Å². The van der Waals surface area contributed by atoms with Gasteiger partial charge >= 0.3 is 6.09 Å². The van der Waals surface area contributed by atoms with Crippen LogP contribution in [0.1, 0.15) is 62.1 Å². The minimum Gasteiger partial charge on any atom is -0.465 e. The zero-order valence-corrected chi connectivity index (χ0v) is 24.0. The van der Waals surface area contributed by atoms with Crippen molar-refractivity contribution in [3.05, 3.63) is 71.8 Å². The van der Waals surface area contributed by atoms with Gasteiger partial charge in [-0.1, -0.05) is 92.8 Å². The molecular formula is C33H44N4O4. The second-order valence-corrected chi connectivity index (χ2v) is 12.2. The van der Waals surface area contributed by atoms with Crippen LogP contribution in [0.25, 0.3) is 0 Å². The number of nitrogens with zero attached hydrogens (tertiary/aromatic N) is 3. The van der Waals surface area contributed by atoms with Crippen molar-refractivity contribution in [1.82, 2.24) is 20.0 Å². The van der Waals surface area contributed by atoms with E-state index in [0.29, 0.717) is 37.8 Å². The molecule has 2 N–H and O–H groups in total. The van der Waals surface area contributed by atoms with E-state index in [-0.39, 0.29) is 23.8 Å². The number of nitrogens with one attached hydrogen (secondary N) is 1. The van der Waals surface area contributed by atoms with Crippen LogP contribution in [0.4, 0.5) is 4.79 Å². The molecule has 4 fully saturated rings. The van der Waals surface area contributed by atoms with Gasteiger partial charge in [-0.15, -0.1) is 0 Å². The van der Waals surface area contributed by atoms with Crippen molar-refractivity contribution in [2.24, 2.45) is 17.8 Å². The molecular weight excluding hydrogens is 516 g/mol. The zero-order valence-electron chi connectivity index (χ0n) is 24.0. The van der Waals surface area contributed by atoms with E-state index in [1.54, 1.807) is 0 Å². The highest BCUT2D eigenvalue weighted by Crippen LogP contribution is 2.34. The predicted octanol–water partition coefficient (Wildman–Crippen LogP) is 4.77. The fourth-order valence-electron chi connectivity index (χ4n) is 6.96. The molecule has 3 aliphatic heterocycles. The van der Waals surface area contributed by atoms with E-state index in [1.807, 2.05) is 70.5 Å². The van der Waals surface area contributed by atoms with Crippen molar-refractivity contribution in [1.29, 1.82) is 0 Å². The van der Waals surface area contributed by atoms with Crippen LogP contribution in [-0.2, 0) is 16.1 Å². The molecule has 220 valence electrons. The molecule has 3 unspecified atom stereocenters. The van der Waals surface area contributed by atoms with Crippen LogP contribution in [0.3, 0.4) is 0 Å². The number of amides is 3. The monoisotopic (exact) mass is 560 g/mol. The van der Waals surface area contributed by atoms with Crippen molar-refractivity contribution >= 4 is 17.9 Å². The Morgan fingerprint density at radius 1 is 0.829 bits per heavy atom. The molecule has 4 atom stereocenters. The first-order chi connectivity index (χ1) is 20.0. The molecule has 3 saturated heterocycles. The Morgan fingerprint density at radius 3 is 2.00 bits per heavy atom. The summed E-state index contributed by atoms with van der Waals surface area (Å²) in [5, 5.41) is 11.9. The van der Waals surface area contributed by atoms with E-state index in [9.17, 15) is 19.5 Å². The Labute approximate surface area is 243 Å². The number of hydrogen-bond acceptors (Lipinski definition) is 4. The molecule has 0 spiro atoms. The Bertz CT molecular complexity index is 1130. The number of benzene rings is 2. The second-order valence-electron chi connectivity index (χ2n) is 12.2. The van der Waals surface area contributed by atoms with E-state index in [1.165, 1.54) is 32.1 Å². The van der Waals surface area contributed by atoms with Gasteiger partial charge in [0, 0.05) is 52.2 Å². The number of fused-ring (bicyclic) bond motifs is 1. The third kappa shape index (κ3) is 7.88. The van der Waals surface area contributed by atoms with Crippen LogP contribution in [0.15, 0.2) is 60.7 Å². The third-order valence-electron chi connectivity index (χ3n) is 9.14. The number of carboxylic acid groups (broad SMARTS) is 1. The van der Waals surface area contributed by atoms with Crippen LogP contribution < -0.4 is 5.32 Å². The van der Waals surface area contributed by atoms with Gasteiger partial charge in [0.1, 0.15) is 0 Å². The standard InChI is InChI=1S/C28H34N4O4.C5H10/c33-26-13-22(17-31(26)14-20-7-3-1-4-8-20)27(34)32-18-23-15-30(16-24(23)19-32)12-11-25(29-28(35)36)21-9-5-2-6-10-21;1-2-4-5-3-1/h1-10,22-25,29H,11-19H2,(H,35,36);1-5H2/t22-,23?,24?,25?;/m0./s1. The number of rotatable bonds is 8. The molecule has 41 heavy (non-hydrogen) atoms. The first kappa shape index (κ1) is 29.1. The zero-order chi connectivity index (χ0) is 28.6. The van der Waals surface area contributed by atoms with Gasteiger partial charge in [-0.05, 0) is 29.4 Å². The summed E-state index contributed by atoms with van der Waals surface area (Å²) in [6.45, 7) is 5.22. The lowest BCUT2D eigenvalue weighted by atomic mass is 10.0. The van der Waals surface area contributed by atoms with Crippen molar-refractivity contribution < 1.29 is 19.5 Å². The minimum absolute atomic E-state index is 0.0608. The van der Waals surface area contributed by atoms with Crippen LogP contribution in [0.2, 0.25) is 0 Å². The maximum absolute atomic E-state index is 13.2.